The van der Waals surface area contributed by atoms with E-state index in [1.165, 1.54) is 0 Å². The summed E-state index contributed by atoms with van der Waals surface area (Å²) in [6, 6.07) is 0. The average molecular weight is 277 g/mol. The van der Waals surface area contributed by atoms with E-state index in [1.54, 1.807) is 13.8 Å². The Hall–Kier alpha value is -0.314. The van der Waals surface area contributed by atoms with E-state index >= 15 is 0 Å². The number of nitrogens with one attached hydrogen (secondary N) is 4. The monoisotopic (exact) mass is 277 g/mol. The van der Waals surface area contributed by atoms with Crippen molar-refractivity contribution in [3.63, 3.8) is 0 Å². The van der Waals surface area contributed by atoms with Crippen LogP contribution in [0.25, 0.3) is 22.9 Å². The van der Waals surface area contributed by atoms with Crippen molar-refractivity contribution in [2.24, 2.45) is 0 Å². The minimum absolute atomic E-state index is 0. The Bertz CT molecular complexity index is 136. The van der Waals surface area contributed by atoms with Crippen LogP contribution in [0.2, 0.25) is 0 Å². The molecule has 101 valence electrons. The summed E-state index contributed by atoms with van der Waals surface area (Å²) in [4.78, 5) is 16.9. The van der Waals surface area contributed by atoms with Crippen LogP contribution in [0.4, 0.5) is 0 Å². The summed E-state index contributed by atoms with van der Waals surface area (Å²) < 4.78 is 0. The Morgan fingerprint density at radius 2 is 0.938 bits per heavy atom. The van der Waals surface area contributed by atoms with Crippen LogP contribution in [0.15, 0.2) is 0 Å². The SMILES string of the molecule is CC(=[OH+])CC(C)=[OH+].[Co].[NH-]CC[NH-].[NH-]CC[NH-]. The molecule has 6 N–H and O–H groups in total. The average Bonchev–Trinajstić information content (AvgIpc) is 2.16. The van der Waals surface area contributed by atoms with Crippen molar-refractivity contribution in [2.75, 3.05) is 26.2 Å². The van der Waals surface area contributed by atoms with Gasteiger partial charge < -0.3 is 22.9 Å². The molecule has 0 bridgehead atoms. The number of hydrogen-bond donors (Lipinski definition) is 0. The van der Waals surface area contributed by atoms with E-state index < -0.39 is 0 Å². The van der Waals surface area contributed by atoms with Gasteiger partial charge in [-0.25, -0.2) is 0 Å². The van der Waals surface area contributed by atoms with Gasteiger partial charge >= 0.3 is 11.6 Å². The van der Waals surface area contributed by atoms with E-state index in [2.05, 4.69) is 0 Å². The van der Waals surface area contributed by atoms with Crippen molar-refractivity contribution in [1.82, 2.24) is 0 Å². The fourth-order valence-electron chi connectivity index (χ4n) is 0.370. The van der Waals surface area contributed by atoms with Crippen LogP contribution in [-0.2, 0) is 16.8 Å². The van der Waals surface area contributed by atoms with E-state index in [-0.39, 0.29) is 54.5 Å². The molecular weight excluding hydrogens is 255 g/mol. The van der Waals surface area contributed by atoms with Crippen LogP contribution in [0, 0.1) is 0 Å². The van der Waals surface area contributed by atoms with Crippen molar-refractivity contribution in [3.05, 3.63) is 22.9 Å². The van der Waals surface area contributed by atoms with Crippen LogP contribution in [0.1, 0.15) is 20.3 Å². The van der Waals surface area contributed by atoms with Crippen molar-refractivity contribution in [1.29, 1.82) is 0 Å². The normalized spacial score (nSPS) is 7.38. The Morgan fingerprint density at radius 1 is 0.750 bits per heavy atom. The van der Waals surface area contributed by atoms with Crippen LogP contribution >= 0.6 is 0 Å². The molecule has 0 fully saturated rings. The van der Waals surface area contributed by atoms with Gasteiger partial charge in [-0.05, 0) is 0 Å². The maximum Gasteiger partial charge on any atom is 0.302 e. The number of carbonyl (C=O) groups excluding carboxylic acids is 2. The topological polar surface area (TPSA) is 138 Å². The molecule has 0 aliphatic carbocycles. The van der Waals surface area contributed by atoms with Crippen LogP contribution in [0.3, 0.4) is 0 Å². The summed E-state index contributed by atoms with van der Waals surface area (Å²) >= 11 is 0. The second-order valence-corrected chi connectivity index (χ2v) is 2.65. The van der Waals surface area contributed by atoms with Gasteiger partial charge in [0.1, 0.15) is 0 Å². The smallest absolute Gasteiger partial charge is 0.302 e. The third kappa shape index (κ3) is 68.1. The molecule has 0 saturated heterocycles. The van der Waals surface area contributed by atoms with Gasteiger partial charge in [0.05, 0.1) is 0 Å². The van der Waals surface area contributed by atoms with E-state index in [1.807, 2.05) is 0 Å². The number of ketones is 2. The van der Waals surface area contributed by atoms with E-state index in [9.17, 15) is 0 Å². The van der Waals surface area contributed by atoms with Gasteiger partial charge in [0.15, 0.2) is 6.42 Å². The van der Waals surface area contributed by atoms with E-state index in [0.29, 0.717) is 6.42 Å². The van der Waals surface area contributed by atoms with Crippen molar-refractivity contribution < 1.29 is 26.4 Å². The Labute approximate surface area is 108 Å². The molecule has 0 unspecified atom stereocenters. The zero-order valence-corrected chi connectivity index (χ0v) is 10.8. The number of rotatable bonds is 4. The van der Waals surface area contributed by atoms with Gasteiger partial charge in [0, 0.05) is 30.6 Å². The molecule has 7 heteroatoms. The molecule has 0 aliphatic heterocycles. The zero-order valence-electron chi connectivity index (χ0n) is 9.76. The summed E-state index contributed by atoms with van der Waals surface area (Å²) in [5.41, 5.74) is 25.1. The molecule has 0 atom stereocenters. The largest absolute Gasteiger partial charge is 0.679 e. The zero-order chi connectivity index (χ0) is 12.7. The third-order valence-corrected chi connectivity index (χ3v) is 0.762. The molecule has 0 aromatic carbocycles. The summed E-state index contributed by atoms with van der Waals surface area (Å²) in [5, 5.41) is 0. The summed E-state index contributed by atoms with van der Waals surface area (Å²) in [6.45, 7) is 4.06. The van der Waals surface area contributed by atoms with Gasteiger partial charge in [-0.15, -0.1) is 0 Å². The van der Waals surface area contributed by atoms with Gasteiger partial charge in [-0.1, -0.05) is 0 Å². The first kappa shape index (κ1) is 24.8. The molecule has 0 rings (SSSR count). The van der Waals surface area contributed by atoms with Crippen molar-refractivity contribution >= 4 is 11.6 Å². The standard InChI is InChI=1S/C5H8O2.2C2H6N2.Co/c1-4(6)3-5(2)7;2*3-1-2-4;/h3H2,1-2H3;2*3-4H,1-2H2;/q;2*-2;/p+2. The first-order chi connectivity index (χ1) is 6.95. The summed E-state index contributed by atoms with van der Waals surface area (Å²) in [6.07, 6.45) is 0.306. The summed E-state index contributed by atoms with van der Waals surface area (Å²) in [5.74, 6) is 0.500. The van der Waals surface area contributed by atoms with Gasteiger partial charge in [0.2, 0.25) is 0 Å². The van der Waals surface area contributed by atoms with Crippen molar-refractivity contribution in [2.45, 2.75) is 20.3 Å². The molecule has 0 amide bonds. The second-order valence-electron chi connectivity index (χ2n) is 2.65. The molecule has 0 aromatic heterocycles. The Morgan fingerprint density at radius 3 is 0.938 bits per heavy atom. The Balaban J connectivity index is -0.0000000700. The van der Waals surface area contributed by atoms with Gasteiger partial charge in [0.25, 0.3) is 0 Å². The molecular formula is C9H22CoN4O2-2. The van der Waals surface area contributed by atoms with Gasteiger partial charge in [-0.3, -0.25) is 9.59 Å². The third-order valence-electron chi connectivity index (χ3n) is 0.762. The quantitative estimate of drug-likeness (QED) is 0.550. The molecule has 16 heavy (non-hydrogen) atoms. The molecule has 0 saturated carbocycles. The van der Waals surface area contributed by atoms with E-state index in [0.717, 1.165) is 0 Å². The molecule has 0 spiro atoms. The molecule has 0 heterocycles. The van der Waals surface area contributed by atoms with Gasteiger partial charge in [-0.2, -0.15) is 26.2 Å². The van der Waals surface area contributed by atoms with Crippen LogP contribution in [0.5, 0.6) is 0 Å². The van der Waals surface area contributed by atoms with Crippen molar-refractivity contribution in [3.8, 4) is 0 Å². The minimum Gasteiger partial charge on any atom is -0.679 e. The van der Waals surface area contributed by atoms with E-state index in [4.69, 9.17) is 32.5 Å². The maximum atomic E-state index is 8.46. The molecule has 0 aliphatic rings. The first-order valence-electron chi connectivity index (χ1n) is 4.57. The first-order valence-corrected chi connectivity index (χ1v) is 4.57. The predicted octanol–water partition coefficient (Wildman–Crippen LogP) is 2.69. The predicted molar refractivity (Wildman–Crippen MR) is 66.6 cm³/mol. The minimum atomic E-state index is 0. The molecule has 6 nitrogen and oxygen atoms in total. The second kappa shape index (κ2) is 24.1. The van der Waals surface area contributed by atoms with Crippen LogP contribution < -0.4 is 0 Å². The molecule has 1 radical (unpaired) electrons. The number of hydrogen-bond acceptors (Lipinski definition) is 0. The van der Waals surface area contributed by atoms with Crippen LogP contribution in [-0.4, -0.2) is 47.3 Å². The fourth-order valence-corrected chi connectivity index (χ4v) is 0.370. The summed E-state index contributed by atoms with van der Waals surface area (Å²) in [7, 11) is 0. The molecule has 0 aromatic rings. The fraction of sp³-hybridized carbons (Fsp3) is 0.778. The Kier molecular flexibility index (Phi) is 37.3. The maximum absolute atomic E-state index is 8.46.